The van der Waals surface area contributed by atoms with E-state index in [1.54, 1.807) is 9.80 Å². The molecule has 0 radical (unpaired) electrons. The standard InChI is InChI=1S/C23H31ClN6O2.C2H6/c1-2-3-5-19-15-29(16-22(31)28(13-11-26)12-4-10-25)23(32)21-14-20(27-30(19)21)17-6-8-18(24)9-7-17;1-2/h6-9,14,19-20,27H,2-5,11-13,15-16,26H2,1H3;1-2H3. The summed E-state index contributed by atoms with van der Waals surface area (Å²) < 4.78 is 0. The van der Waals surface area contributed by atoms with Crippen molar-refractivity contribution in [1.82, 2.24) is 20.2 Å². The van der Waals surface area contributed by atoms with E-state index in [1.165, 1.54) is 0 Å². The van der Waals surface area contributed by atoms with Crippen molar-refractivity contribution < 1.29 is 9.59 Å². The first-order valence-corrected chi connectivity index (χ1v) is 12.5. The van der Waals surface area contributed by atoms with E-state index in [0.29, 0.717) is 36.9 Å². The molecule has 2 amide bonds. The van der Waals surface area contributed by atoms with E-state index in [0.717, 1.165) is 24.8 Å². The van der Waals surface area contributed by atoms with Crippen molar-refractivity contribution in [2.24, 2.45) is 5.73 Å². The van der Waals surface area contributed by atoms with Crippen molar-refractivity contribution in [2.45, 2.75) is 58.5 Å². The lowest BCUT2D eigenvalue weighted by atomic mass is 10.0. The van der Waals surface area contributed by atoms with Gasteiger partial charge in [-0.2, -0.15) is 5.26 Å². The van der Waals surface area contributed by atoms with Crippen molar-refractivity contribution in [1.29, 1.82) is 5.26 Å². The monoisotopic (exact) mass is 488 g/mol. The van der Waals surface area contributed by atoms with Crippen molar-refractivity contribution in [3.05, 3.63) is 46.6 Å². The number of benzene rings is 1. The molecule has 1 fully saturated rings. The lowest BCUT2D eigenvalue weighted by Gasteiger charge is -2.41. The van der Waals surface area contributed by atoms with Crippen LogP contribution >= 0.6 is 11.6 Å². The number of nitriles is 1. The number of hydrazine groups is 1. The van der Waals surface area contributed by atoms with Crippen LogP contribution in [0.1, 0.15) is 58.1 Å². The Morgan fingerprint density at radius 2 is 2.00 bits per heavy atom. The molecule has 2 aliphatic rings. The second-order valence-corrected chi connectivity index (χ2v) is 8.58. The molecular weight excluding hydrogens is 452 g/mol. The molecule has 2 unspecified atom stereocenters. The first-order chi connectivity index (χ1) is 16.5. The van der Waals surface area contributed by atoms with Gasteiger partial charge in [-0.15, -0.1) is 0 Å². The average Bonchev–Trinajstić information content (AvgIpc) is 3.30. The van der Waals surface area contributed by atoms with Gasteiger partial charge in [0.25, 0.3) is 5.91 Å². The molecule has 34 heavy (non-hydrogen) atoms. The van der Waals surface area contributed by atoms with E-state index in [4.69, 9.17) is 22.6 Å². The number of nitrogens with one attached hydrogen (secondary N) is 1. The summed E-state index contributed by atoms with van der Waals surface area (Å²) in [4.78, 5) is 29.4. The summed E-state index contributed by atoms with van der Waals surface area (Å²) in [6, 6.07) is 9.57. The number of fused-ring (bicyclic) bond motifs is 1. The summed E-state index contributed by atoms with van der Waals surface area (Å²) >= 11 is 6.02. The highest BCUT2D eigenvalue weighted by Crippen LogP contribution is 2.32. The Hall–Kier alpha value is -2.60. The largest absolute Gasteiger partial charge is 0.339 e. The quantitative estimate of drug-likeness (QED) is 0.523. The summed E-state index contributed by atoms with van der Waals surface area (Å²) in [7, 11) is 0. The SMILES string of the molecule is CC.CCCCC1CN(CC(=O)N(CCN)CCC#N)C(=O)C2=CC(c3ccc(Cl)cc3)NN21. The molecule has 1 saturated heterocycles. The summed E-state index contributed by atoms with van der Waals surface area (Å²) in [5.41, 5.74) is 10.7. The van der Waals surface area contributed by atoms with Crippen LogP contribution in [0.2, 0.25) is 5.02 Å². The number of hydrogen-bond acceptors (Lipinski definition) is 6. The van der Waals surface area contributed by atoms with Crippen molar-refractivity contribution in [3.63, 3.8) is 0 Å². The number of halogens is 1. The molecule has 0 aromatic heterocycles. The minimum absolute atomic E-state index is 0.0102. The van der Waals surface area contributed by atoms with Crippen LogP contribution in [-0.2, 0) is 9.59 Å². The Balaban J connectivity index is 0.00000199. The number of piperazine rings is 1. The Bertz CT molecular complexity index is 882. The van der Waals surface area contributed by atoms with Gasteiger partial charge in [-0.3, -0.25) is 14.6 Å². The van der Waals surface area contributed by atoms with E-state index in [-0.39, 0.29) is 36.9 Å². The molecule has 0 bridgehead atoms. The number of amides is 2. The highest BCUT2D eigenvalue weighted by atomic mass is 35.5. The molecule has 1 aromatic rings. The van der Waals surface area contributed by atoms with Crippen molar-refractivity contribution in [3.8, 4) is 6.07 Å². The van der Waals surface area contributed by atoms with Crippen LogP contribution in [0.4, 0.5) is 0 Å². The van der Waals surface area contributed by atoms with E-state index in [9.17, 15) is 9.59 Å². The fraction of sp³-hybridized carbons (Fsp3) is 0.560. The van der Waals surface area contributed by atoms with Crippen molar-refractivity contribution in [2.75, 3.05) is 32.7 Å². The fourth-order valence-corrected chi connectivity index (χ4v) is 4.28. The normalized spacial score (nSPS) is 19.1. The molecule has 0 spiro atoms. The summed E-state index contributed by atoms with van der Waals surface area (Å²) in [6.07, 6.45) is 5.15. The zero-order chi connectivity index (χ0) is 25.1. The molecule has 9 heteroatoms. The van der Waals surface area contributed by atoms with E-state index < -0.39 is 0 Å². The Kier molecular flexibility index (Phi) is 11.3. The third-order valence-corrected chi connectivity index (χ3v) is 6.11. The summed E-state index contributed by atoms with van der Waals surface area (Å²) in [6.45, 7) is 7.61. The first-order valence-electron chi connectivity index (χ1n) is 12.1. The van der Waals surface area contributed by atoms with Crippen LogP contribution in [0, 0.1) is 11.3 Å². The average molecular weight is 489 g/mol. The maximum absolute atomic E-state index is 13.3. The molecule has 3 N–H and O–H groups in total. The van der Waals surface area contributed by atoms with Crippen molar-refractivity contribution >= 4 is 23.4 Å². The number of carbonyl (C=O) groups excluding carboxylic acids is 2. The Labute approximate surface area is 208 Å². The van der Waals surface area contributed by atoms with Gasteiger partial charge < -0.3 is 15.5 Å². The molecule has 2 atom stereocenters. The second-order valence-electron chi connectivity index (χ2n) is 8.14. The number of nitrogens with zero attached hydrogens (tertiary/aromatic N) is 4. The van der Waals surface area contributed by atoms with Gasteiger partial charge in [-0.1, -0.05) is 57.3 Å². The zero-order valence-electron chi connectivity index (χ0n) is 20.5. The number of rotatable bonds is 10. The highest BCUT2D eigenvalue weighted by molar-refractivity contribution is 6.30. The van der Waals surface area contributed by atoms with Crippen LogP contribution < -0.4 is 11.2 Å². The van der Waals surface area contributed by atoms with Crippen LogP contribution in [0.5, 0.6) is 0 Å². The summed E-state index contributed by atoms with van der Waals surface area (Å²) in [5.74, 6) is -0.342. The second kappa shape index (κ2) is 14.0. The zero-order valence-corrected chi connectivity index (χ0v) is 21.2. The molecule has 1 aromatic carbocycles. The van der Waals surface area contributed by atoms with E-state index in [1.807, 2.05) is 49.2 Å². The highest BCUT2D eigenvalue weighted by Gasteiger charge is 2.41. The van der Waals surface area contributed by atoms with Gasteiger partial charge in [0.1, 0.15) is 12.2 Å². The maximum Gasteiger partial charge on any atom is 0.271 e. The first kappa shape index (κ1) is 27.6. The lowest BCUT2D eigenvalue weighted by Crippen LogP contribution is -2.58. The van der Waals surface area contributed by atoms with Gasteiger partial charge in [0.05, 0.1) is 24.6 Å². The number of carbonyl (C=O) groups is 2. The van der Waals surface area contributed by atoms with Crippen LogP contribution in [-0.4, -0.2) is 65.4 Å². The molecule has 2 aliphatic heterocycles. The van der Waals surface area contributed by atoms with Crippen LogP contribution in [0.3, 0.4) is 0 Å². The lowest BCUT2D eigenvalue weighted by molar-refractivity contribution is -0.142. The maximum atomic E-state index is 13.3. The van der Waals surface area contributed by atoms with Gasteiger partial charge in [-0.25, -0.2) is 5.43 Å². The Morgan fingerprint density at radius 3 is 2.62 bits per heavy atom. The van der Waals surface area contributed by atoms with Gasteiger partial charge in [0.2, 0.25) is 5.91 Å². The molecule has 0 saturated carbocycles. The number of hydrogen-bond donors (Lipinski definition) is 2. The molecular formula is C25H37ClN6O2. The predicted octanol–water partition coefficient (Wildman–Crippen LogP) is 3.21. The van der Waals surface area contributed by atoms with Gasteiger partial charge in [0.15, 0.2) is 0 Å². The minimum Gasteiger partial charge on any atom is -0.339 e. The van der Waals surface area contributed by atoms with E-state index in [2.05, 4.69) is 18.4 Å². The molecule has 2 heterocycles. The third-order valence-electron chi connectivity index (χ3n) is 5.86. The molecule has 8 nitrogen and oxygen atoms in total. The molecule has 186 valence electrons. The number of nitrogens with two attached hydrogens (primary N) is 1. The fourth-order valence-electron chi connectivity index (χ4n) is 4.15. The number of unbranched alkanes of at least 4 members (excludes halogenated alkanes) is 1. The topological polar surface area (TPSA) is 106 Å². The predicted molar refractivity (Wildman–Crippen MR) is 134 cm³/mol. The summed E-state index contributed by atoms with van der Waals surface area (Å²) in [5, 5.41) is 11.5. The van der Waals surface area contributed by atoms with Gasteiger partial charge >= 0.3 is 0 Å². The van der Waals surface area contributed by atoms with E-state index >= 15 is 0 Å². The van der Waals surface area contributed by atoms with Crippen LogP contribution in [0.15, 0.2) is 36.0 Å². The molecule has 0 aliphatic carbocycles. The van der Waals surface area contributed by atoms with Gasteiger partial charge in [-0.05, 0) is 30.2 Å². The molecule has 3 rings (SSSR count). The Morgan fingerprint density at radius 1 is 1.29 bits per heavy atom. The smallest absolute Gasteiger partial charge is 0.271 e. The van der Waals surface area contributed by atoms with Crippen LogP contribution in [0.25, 0.3) is 0 Å². The van der Waals surface area contributed by atoms with Gasteiger partial charge in [0, 0.05) is 31.2 Å². The third kappa shape index (κ3) is 6.95. The minimum atomic E-state index is -0.178.